The van der Waals surface area contributed by atoms with E-state index in [1.54, 1.807) is 12.1 Å². The van der Waals surface area contributed by atoms with E-state index < -0.39 is 10.9 Å². The van der Waals surface area contributed by atoms with Gasteiger partial charge < -0.3 is 10.1 Å². The number of rotatable bonds is 6. The molecule has 0 unspecified atom stereocenters. The lowest BCUT2D eigenvalue weighted by atomic mass is 10.1. The Morgan fingerprint density at radius 1 is 1.25 bits per heavy atom. The number of carbonyl (C=O) groups is 1. The predicted octanol–water partition coefficient (Wildman–Crippen LogP) is 3.95. The molecule has 0 amide bonds. The molecular formula is C18H18N2O4. The third-order valence-corrected chi connectivity index (χ3v) is 3.50. The zero-order valence-electron chi connectivity index (χ0n) is 13.4. The summed E-state index contributed by atoms with van der Waals surface area (Å²) in [6.45, 7) is 1.93. The first-order chi connectivity index (χ1) is 11.5. The number of esters is 1. The van der Waals surface area contributed by atoms with E-state index in [2.05, 4.69) is 10.1 Å². The van der Waals surface area contributed by atoms with Crippen LogP contribution in [0.3, 0.4) is 0 Å². The monoisotopic (exact) mass is 326 g/mol. The number of methoxy groups -OCH3 is 1. The summed E-state index contributed by atoms with van der Waals surface area (Å²) in [6, 6.07) is 14.3. The molecule has 0 bridgehead atoms. The maximum absolute atomic E-state index is 11.3. The second-order valence-corrected chi connectivity index (χ2v) is 5.17. The fraction of sp³-hybridized carbons (Fsp3) is 0.167. The van der Waals surface area contributed by atoms with E-state index in [-0.39, 0.29) is 11.7 Å². The Morgan fingerprint density at radius 2 is 1.96 bits per heavy atom. The Labute approximate surface area is 139 Å². The average molecular weight is 326 g/mol. The summed E-state index contributed by atoms with van der Waals surface area (Å²) >= 11 is 0. The predicted molar refractivity (Wildman–Crippen MR) is 92.6 cm³/mol. The van der Waals surface area contributed by atoms with E-state index >= 15 is 0 Å². The molecule has 0 heterocycles. The van der Waals surface area contributed by atoms with Crippen LogP contribution in [0.25, 0.3) is 6.08 Å². The lowest BCUT2D eigenvalue weighted by Gasteiger charge is -2.16. The topological polar surface area (TPSA) is 81.5 Å². The number of anilines is 1. The van der Waals surface area contributed by atoms with E-state index in [4.69, 9.17) is 0 Å². The van der Waals surface area contributed by atoms with Gasteiger partial charge in [-0.3, -0.25) is 10.1 Å². The number of nitrogens with one attached hydrogen (secondary N) is 1. The van der Waals surface area contributed by atoms with Crippen molar-refractivity contribution in [2.45, 2.75) is 13.0 Å². The van der Waals surface area contributed by atoms with Crippen LogP contribution in [0.2, 0.25) is 0 Å². The average Bonchev–Trinajstić information content (AvgIpc) is 2.60. The van der Waals surface area contributed by atoms with Gasteiger partial charge in [0.15, 0.2) is 0 Å². The number of hydrogen-bond donors (Lipinski definition) is 1. The van der Waals surface area contributed by atoms with Crippen LogP contribution < -0.4 is 5.32 Å². The van der Waals surface area contributed by atoms with Gasteiger partial charge in [0.1, 0.15) is 5.69 Å². The van der Waals surface area contributed by atoms with Gasteiger partial charge in [-0.1, -0.05) is 36.4 Å². The first-order valence-corrected chi connectivity index (χ1v) is 7.37. The molecule has 0 spiro atoms. The first kappa shape index (κ1) is 17.2. The molecule has 6 nitrogen and oxygen atoms in total. The highest BCUT2D eigenvalue weighted by Crippen LogP contribution is 2.29. The molecule has 1 N–H and O–H groups in total. The molecule has 6 heteroatoms. The molecule has 2 aromatic rings. The SMILES string of the molecule is COC(=O)/C=C/c1ccc(N[C@H](C)c2ccccc2)c([N+](=O)[O-])c1. The first-order valence-electron chi connectivity index (χ1n) is 7.37. The highest BCUT2D eigenvalue weighted by molar-refractivity contribution is 5.87. The van der Waals surface area contributed by atoms with Gasteiger partial charge in [-0.25, -0.2) is 4.79 Å². The Kier molecular flexibility index (Phi) is 5.68. The van der Waals surface area contributed by atoms with Gasteiger partial charge in [0, 0.05) is 18.2 Å². The molecule has 0 radical (unpaired) electrons. The number of hydrogen-bond acceptors (Lipinski definition) is 5. The molecule has 0 aliphatic heterocycles. The van der Waals surface area contributed by atoms with E-state index in [1.165, 1.54) is 25.3 Å². The standard InChI is InChI=1S/C18H18N2O4/c1-13(15-6-4-3-5-7-15)19-16-10-8-14(9-11-18(21)24-2)12-17(16)20(22)23/h3-13,19H,1-2H3/b11-9+/t13-/m1/s1. The number of nitrogens with zero attached hydrogens (tertiary/aromatic N) is 1. The van der Waals surface area contributed by atoms with Gasteiger partial charge in [-0.15, -0.1) is 0 Å². The Balaban J connectivity index is 2.25. The number of ether oxygens (including phenoxy) is 1. The van der Waals surface area contributed by atoms with Gasteiger partial charge in [0.05, 0.1) is 12.0 Å². The molecule has 24 heavy (non-hydrogen) atoms. The third kappa shape index (κ3) is 4.42. The molecule has 0 saturated carbocycles. The zero-order valence-corrected chi connectivity index (χ0v) is 13.4. The third-order valence-electron chi connectivity index (χ3n) is 3.50. The van der Waals surface area contributed by atoms with Gasteiger partial charge in [0.25, 0.3) is 5.69 Å². The molecular weight excluding hydrogens is 308 g/mol. The molecule has 0 saturated heterocycles. The Morgan fingerprint density at radius 3 is 2.58 bits per heavy atom. The minimum atomic E-state index is -0.516. The van der Waals surface area contributed by atoms with Crippen molar-refractivity contribution >= 4 is 23.4 Å². The summed E-state index contributed by atoms with van der Waals surface area (Å²) in [6.07, 6.45) is 2.70. The maximum Gasteiger partial charge on any atom is 0.330 e. The van der Waals surface area contributed by atoms with Crippen molar-refractivity contribution in [1.29, 1.82) is 0 Å². The van der Waals surface area contributed by atoms with Crippen molar-refractivity contribution in [2.75, 3.05) is 12.4 Å². The van der Waals surface area contributed by atoms with Crippen molar-refractivity contribution in [2.24, 2.45) is 0 Å². The van der Waals surface area contributed by atoms with E-state index in [0.29, 0.717) is 11.3 Å². The van der Waals surface area contributed by atoms with E-state index in [0.717, 1.165) is 5.56 Å². The lowest BCUT2D eigenvalue weighted by molar-refractivity contribution is -0.384. The second-order valence-electron chi connectivity index (χ2n) is 5.17. The van der Waals surface area contributed by atoms with Crippen LogP contribution in [0.15, 0.2) is 54.6 Å². The minimum absolute atomic E-state index is 0.0511. The normalized spacial score (nSPS) is 11.9. The number of nitro benzene ring substituents is 1. The largest absolute Gasteiger partial charge is 0.466 e. The lowest BCUT2D eigenvalue weighted by Crippen LogP contribution is -2.08. The van der Waals surface area contributed by atoms with Crippen LogP contribution in [0.4, 0.5) is 11.4 Å². The molecule has 0 aliphatic carbocycles. The Bertz CT molecular complexity index is 757. The van der Waals surface area contributed by atoms with Crippen LogP contribution in [0, 0.1) is 10.1 Å². The molecule has 0 aliphatic rings. The van der Waals surface area contributed by atoms with Crippen LogP contribution in [-0.4, -0.2) is 18.0 Å². The second kappa shape index (κ2) is 7.92. The fourth-order valence-corrected chi connectivity index (χ4v) is 2.22. The van der Waals surface area contributed by atoms with Gasteiger partial charge in [0.2, 0.25) is 0 Å². The minimum Gasteiger partial charge on any atom is -0.466 e. The van der Waals surface area contributed by atoms with Crippen molar-refractivity contribution in [3.8, 4) is 0 Å². The molecule has 2 rings (SSSR count). The summed E-state index contributed by atoms with van der Waals surface area (Å²) in [7, 11) is 1.27. The highest BCUT2D eigenvalue weighted by atomic mass is 16.6. The maximum atomic E-state index is 11.3. The van der Waals surface area contributed by atoms with E-state index in [9.17, 15) is 14.9 Å². The number of benzene rings is 2. The summed E-state index contributed by atoms with van der Waals surface area (Å²) < 4.78 is 4.50. The van der Waals surface area contributed by atoms with Crippen LogP contribution in [0.5, 0.6) is 0 Å². The molecule has 1 atom stereocenters. The van der Waals surface area contributed by atoms with Crippen molar-refractivity contribution in [3.63, 3.8) is 0 Å². The van der Waals surface area contributed by atoms with Crippen LogP contribution in [0.1, 0.15) is 24.1 Å². The summed E-state index contributed by atoms with van der Waals surface area (Å²) in [4.78, 5) is 22.0. The van der Waals surface area contributed by atoms with E-state index in [1.807, 2.05) is 37.3 Å². The van der Waals surface area contributed by atoms with Crippen LogP contribution >= 0.6 is 0 Å². The van der Waals surface area contributed by atoms with Crippen molar-refractivity contribution in [1.82, 2.24) is 0 Å². The van der Waals surface area contributed by atoms with Gasteiger partial charge in [-0.05, 0) is 30.2 Å². The summed E-state index contributed by atoms with van der Waals surface area (Å²) in [5.41, 5.74) is 1.95. The van der Waals surface area contributed by atoms with Crippen LogP contribution in [-0.2, 0) is 9.53 Å². The van der Waals surface area contributed by atoms with Crippen molar-refractivity contribution < 1.29 is 14.5 Å². The molecule has 0 aromatic heterocycles. The van der Waals surface area contributed by atoms with Gasteiger partial charge in [-0.2, -0.15) is 0 Å². The van der Waals surface area contributed by atoms with Crippen molar-refractivity contribution in [3.05, 3.63) is 75.8 Å². The smallest absolute Gasteiger partial charge is 0.330 e. The summed E-state index contributed by atoms with van der Waals surface area (Å²) in [5, 5.41) is 14.5. The zero-order chi connectivity index (χ0) is 17.5. The highest BCUT2D eigenvalue weighted by Gasteiger charge is 2.16. The number of nitro groups is 1. The van der Waals surface area contributed by atoms with Gasteiger partial charge >= 0.3 is 5.97 Å². The molecule has 124 valence electrons. The Hall–Kier alpha value is -3.15. The quantitative estimate of drug-likeness (QED) is 0.376. The number of carbonyl (C=O) groups excluding carboxylic acids is 1. The molecule has 2 aromatic carbocycles. The fourth-order valence-electron chi connectivity index (χ4n) is 2.22. The molecule has 0 fully saturated rings. The summed E-state index contributed by atoms with van der Waals surface area (Å²) in [5.74, 6) is -0.516.